The molecule has 3 rings (SSSR count). The fourth-order valence-corrected chi connectivity index (χ4v) is 3.01. The van der Waals surface area contributed by atoms with Gasteiger partial charge in [-0.2, -0.15) is 0 Å². The van der Waals surface area contributed by atoms with E-state index in [1.807, 2.05) is 31.8 Å². The molecule has 1 aliphatic heterocycles. The van der Waals surface area contributed by atoms with E-state index in [1.54, 1.807) is 0 Å². The number of nitrogens with zero attached hydrogens (tertiary/aromatic N) is 5. The molecule has 0 radical (unpaired) electrons. The zero-order valence-corrected chi connectivity index (χ0v) is 16.8. The van der Waals surface area contributed by atoms with Crippen LogP contribution in [0.15, 0.2) is 23.5 Å². The molecule has 2 N–H and O–H groups in total. The molecule has 0 saturated carbocycles. The lowest BCUT2D eigenvalue weighted by molar-refractivity contribution is 0.358. The number of aliphatic imine (C=N–C) groups is 1. The van der Waals surface area contributed by atoms with E-state index in [0.29, 0.717) is 5.92 Å². The molecule has 132 valence electrons. The van der Waals surface area contributed by atoms with E-state index in [0.717, 1.165) is 50.1 Å². The average Bonchev–Trinajstić information content (AvgIpc) is 3.14. The maximum absolute atomic E-state index is 4.30. The monoisotopic (exact) mass is 443 g/mol. The summed E-state index contributed by atoms with van der Waals surface area (Å²) in [7, 11) is 3.84. The minimum absolute atomic E-state index is 0. The van der Waals surface area contributed by atoms with Crippen LogP contribution in [-0.2, 0) is 26.6 Å². The SMILES string of the molecule is CN=C(NCc1ccn(C)c1)NCC1CCc2nnc(C)n2C1.I. The van der Waals surface area contributed by atoms with Gasteiger partial charge in [-0.1, -0.05) is 0 Å². The molecule has 2 aromatic rings. The lowest BCUT2D eigenvalue weighted by Gasteiger charge is -2.25. The lowest BCUT2D eigenvalue weighted by atomic mass is 9.99. The van der Waals surface area contributed by atoms with Crippen molar-refractivity contribution in [2.75, 3.05) is 13.6 Å². The summed E-state index contributed by atoms with van der Waals surface area (Å²) in [5.41, 5.74) is 1.25. The minimum atomic E-state index is 0. The Labute approximate surface area is 160 Å². The molecule has 1 unspecified atom stereocenters. The Bertz CT molecular complexity index is 688. The fourth-order valence-electron chi connectivity index (χ4n) is 3.01. The number of fused-ring (bicyclic) bond motifs is 1. The zero-order chi connectivity index (χ0) is 16.2. The Morgan fingerprint density at radius 3 is 2.92 bits per heavy atom. The minimum Gasteiger partial charge on any atom is -0.357 e. The van der Waals surface area contributed by atoms with Gasteiger partial charge in [0.2, 0.25) is 0 Å². The predicted molar refractivity (Wildman–Crippen MR) is 106 cm³/mol. The molecule has 0 bridgehead atoms. The van der Waals surface area contributed by atoms with Crippen molar-refractivity contribution in [3.63, 3.8) is 0 Å². The van der Waals surface area contributed by atoms with Crippen LogP contribution in [0.3, 0.4) is 0 Å². The molecule has 7 nitrogen and oxygen atoms in total. The Kier molecular flexibility index (Phi) is 6.64. The van der Waals surface area contributed by atoms with E-state index in [2.05, 4.69) is 42.7 Å². The van der Waals surface area contributed by atoms with Gasteiger partial charge in [-0.25, -0.2) is 0 Å². The highest BCUT2D eigenvalue weighted by Crippen LogP contribution is 2.19. The van der Waals surface area contributed by atoms with Crippen LogP contribution in [0.4, 0.5) is 0 Å². The standard InChI is InChI=1S/C16H25N7.HI/c1-12-20-21-15-5-4-13(11-23(12)15)8-18-16(17-2)19-9-14-6-7-22(3)10-14;/h6-7,10,13H,4-5,8-9,11H2,1-3H3,(H2,17,18,19);1H. The van der Waals surface area contributed by atoms with Crippen LogP contribution in [0, 0.1) is 12.8 Å². The molecule has 8 heteroatoms. The fraction of sp³-hybridized carbons (Fsp3) is 0.562. The van der Waals surface area contributed by atoms with Gasteiger partial charge in [-0.3, -0.25) is 4.99 Å². The Morgan fingerprint density at radius 2 is 2.21 bits per heavy atom. The summed E-state index contributed by atoms with van der Waals surface area (Å²) in [5, 5.41) is 15.2. The number of guanidine groups is 1. The van der Waals surface area contributed by atoms with Gasteiger partial charge in [0.25, 0.3) is 0 Å². The third-order valence-electron chi connectivity index (χ3n) is 4.36. The summed E-state index contributed by atoms with van der Waals surface area (Å²) < 4.78 is 4.28. The summed E-state index contributed by atoms with van der Waals surface area (Å²) in [6, 6.07) is 2.11. The topological polar surface area (TPSA) is 72.1 Å². The van der Waals surface area contributed by atoms with Crippen LogP contribution in [0.5, 0.6) is 0 Å². The molecule has 0 fully saturated rings. The maximum Gasteiger partial charge on any atom is 0.191 e. The smallest absolute Gasteiger partial charge is 0.191 e. The molecular formula is C16H26IN7. The van der Waals surface area contributed by atoms with Gasteiger partial charge in [0.15, 0.2) is 5.96 Å². The van der Waals surface area contributed by atoms with Crippen molar-refractivity contribution in [2.24, 2.45) is 18.0 Å². The van der Waals surface area contributed by atoms with Crippen LogP contribution >= 0.6 is 24.0 Å². The van der Waals surface area contributed by atoms with Crippen LogP contribution < -0.4 is 10.6 Å². The number of aromatic nitrogens is 4. The van der Waals surface area contributed by atoms with Crippen molar-refractivity contribution >= 4 is 29.9 Å². The molecule has 1 aliphatic rings. The molecule has 0 aromatic carbocycles. The number of aryl methyl sites for hydroxylation is 3. The Balaban J connectivity index is 0.00000208. The van der Waals surface area contributed by atoms with Gasteiger partial charge in [0.05, 0.1) is 0 Å². The first-order valence-electron chi connectivity index (χ1n) is 8.09. The first-order valence-corrected chi connectivity index (χ1v) is 8.09. The second-order valence-electron chi connectivity index (χ2n) is 6.17. The zero-order valence-electron chi connectivity index (χ0n) is 14.5. The quantitative estimate of drug-likeness (QED) is 0.427. The van der Waals surface area contributed by atoms with Gasteiger partial charge in [-0.05, 0) is 30.9 Å². The molecule has 0 amide bonds. The predicted octanol–water partition coefficient (Wildman–Crippen LogP) is 1.47. The summed E-state index contributed by atoms with van der Waals surface area (Å²) >= 11 is 0. The largest absolute Gasteiger partial charge is 0.357 e. The normalized spacial score (nSPS) is 17.1. The van der Waals surface area contributed by atoms with Crippen LogP contribution in [0.2, 0.25) is 0 Å². The lowest BCUT2D eigenvalue weighted by Crippen LogP contribution is -2.41. The second-order valence-corrected chi connectivity index (χ2v) is 6.17. The molecule has 3 heterocycles. The van der Waals surface area contributed by atoms with Crippen LogP contribution in [-0.4, -0.2) is 38.9 Å². The first kappa shape index (κ1) is 18.8. The van der Waals surface area contributed by atoms with Gasteiger partial charge in [-0.15, -0.1) is 34.2 Å². The number of nitrogens with one attached hydrogen (secondary N) is 2. The van der Waals surface area contributed by atoms with Crippen molar-refractivity contribution in [3.05, 3.63) is 35.7 Å². The maximum atomic E-state index is 4.30. The third kappa shape index (κ3) is 4.49. The van der Waals surface area contributed by atoms with E-state index in [1.165, 1.54) is 5.56 Å². The van der Waals surface area contributed by atoms with E-state index in [9.17, 15) is 0 Å². The summed E-state index contributed by atoms with van der Waals surface area (Å²) in [4.78, 5) is 4.30. The van der Waals surface area contributed by atoms with Gasteiger partial charge in [0.1, 0.15) is 11.6 Å². The van der Waals surface area contributed by atoms with Crippen molar-refractivity contribution in [1.82, 2.24) is 30.0 Å². The van der Waals surface area contributed by atoms with Crippen molar-refractivity contribution in [3.8, 4) is 0 Å². The molecule has 0 saturated heterocycles. The molecular weight excluding hydrogens is 417 g/mol. The number of hydrogen-bond donors (Lipinski definition) is 2. The van der Waals surface area contributed by atoms with Gasteiger partial charge < -0.3 is 19.8 Å². The average molecular weight is 443 g/mol. The van der Waals surface area contributed by atoms with Crippen molar-refractivity contribution in [2.45, 2.75) is 32.9 Å². The second kappa shape index (κ2) is 8.50. The first-order chi connectivity index (χ1) is 11.2. The van der Waals surface area contributed by atoms with E-state index in [4.69, 9.17) is 0 Å². The highest BCUT2D eigenvalue weighted by molar-refractivity contribution is 14.0. The van der Waals surface area contributed by atoms with Gasteiger partial charge >= 0.3 is 0 Å². The highest BCUT2D eigenvalue weighted by Gasteiger charge is 2.21. The Hall–Kier alpha value is -1.58. The molecule has 2 aromatic heterocycles. The molecule has 0 spiro atoms. The number of halogens is 1. The van der Waals surface area contributed by atoms with Crippen molar-refractivity contribution in [1.29, 1.82) is 0 Å². The molecule has 0 aliphatic carbocycles. The highest BCUT2D eigenvalue weighted by atomic mass is 127. The van der Waals surface area contributed by atoms with E-state index < -0.39 is 0 Å². The Morgan fingerprint density at radius 1 is 1.38 bits per heavy atom. The number of hydrogen-bond acceptors (Lipinski definition) is 3. The van der Waals surface area contributed by atoms with E-state index in [-0.39, 0.29) is 24.0 Å². The van der Waals surface area contributed by atoms with E-state index >= 15 is 0 Å². The number of rotatable bonds is 4. The van der Waals surface area contributed by atoms with Crippen molar-refractivity contribution < 1.29 is 0 Å². The molecule has 24 heavy (non-hydrogen) atoms. The van der Waals surface area contributed by atoms with Crippen LogP contribution in [0.1, 0.15) is 23.6 Å². The summed E-state index contributed by atoms with van der Waals surface area (Å²) in [6.45, 7) is 4.69. The molecule has 1 atom stereocenters. The van der Waals surface area contributed by atoms with Crippen LogP contribution in [0.25, 0.3) is 0 Å². The third-order valence-corrected chi connectivity index (χ3v) is 4.36. The summed E-state index contributed by atoms with van der Waals surface area (Å²) in [6.07, 6.45) is 6.30. The summed E-state index contributed by atoms with van der Waals surface area (Å²) in [5.74, 6) is 3.55. The van der Waals surface area contributed by atoms with Gasteiger partial charge in [0, 0.05) is 52.5 Å².